The number of hydrogen-bond acceptors (Lipinski definition) is 7. The fourth-order valence-electron chi connectivity index (χ4n) is 4.44. The number of Topliss-reactive ketones (excluding diaryl/α,β-unsaturated/α-hetero) is 1. The maximum atomic E-state index is 13.5. The summed E-state index contributed by atoms with van der Waals surface area (Å²) in [6.45, 7) is 8.86. The van der Waals surface area contributed by atoms with Crippen molar-refractivity contribution in [2.45, 2.75) is 39.7 Å². The summed E-state index contributed by atoms with van der Waals surface area (Å²) in [5, 5.41) is 20.6. The number of amides is 1. The Bertz CT molecular complexity index is 1270. The number of ketones is 1. The number of ether oxygens (including phenoxy) is 2. The molecule has 0 radical (unpaired) electrons. The fourth-order valence-corrected chi connectivity index (χ4v) is 4.44. The topological polar surface area (TPSA) is 119 Å². The Morgan fingerprint density at radius 1 is 1.24 bits per heavy atom. The zero-order valence-electron chi connectivity index (χ0n) is 22.6. The van der Waals surface area contributed by atoms with E-state index in [1.54, 1.807) is 49.2 Å². The Morgan fingerprint density at radius 2 is 1.95 bits per heavy atom. The molecule has 0 aliphatic carbocycles. The molecule has 37 heavy (non-hydrogen) atoms. The predicted octanol–water partition coefficient (Wildman–Crippen LogP) is 3.73. The number of nitriles is 1. The van der Waals surface area contributed by atoms with E-state index in [1.807, 2.05) is 33.8 Å². The first-order valence-corrected chi connectivity index (χ1v) is 12.2. The first-order chi connectivity index (χ1) is 17.5. The number of nitrogens with one attached hydrogen (secondary N) is 2. The van der Waals surface area contributed by atoms with E-state index in [0.29, 0.717) is 47.0 Å². The summed E-state index contributed by atoms with van der Waals surface area (Å²) in [6, 6.07) is 9.17. The van der Waals surface area contributed by atoms with Crippen molar-refractivity contribution in [3.8, 4) is 17.6 Å². The molecule has 0 unspecified atom stereocenters. The largest absolute Gasteiger partial charge is 0.494 e. The van der Waals surface area contributed by atoms with Gasteiger partial charge in [-0.15, -0.1) is 0 Å². The van der Waals surface area contributed by atoms with Gasteiger partial charge in [-0.3, -0.25) is 15.0 Å². The summed E-state index contributed by atoms with van der Waals surface area (Å²) in [4.78, 5) is 29.4. The molecular weight excluding hydrogens is 470 g/mol. The predicted molar refractivity (Wildman–Crippen MR) is 143 cm³/mol. The average molecular weight is 506 g/mol. The van der Waals surface area contributed by atoms with Gasteiger partial charge >= 0.3 is 0 Å². The van der Waals surface area contributed by atoms with Crippen LogP contribution in [0, 0.1) is 16.7 Å². The molecule has 9 heteroatoms. The quantitative estimate of drug-likeness (QED) is 0.394. The van der Waals surface area contributed by atoms with Crippen LogP contribution in [0.2, 0.25) is 0 Å². The standard InChI is InChI=1S/C28H35N5O4/c1-8-37-24-13-18-15-33(26(30)19(18)14-20(24)27(35)31-5)16-23(34)17-11-21(28(2,3)4)25(36-7)22(12-17)32(6)10-9-29/h11-14,30H,8,10,15-16H2,1-7H3,(H,31,35). The molecule has 0 spiro atoms. The van der Waals surface area contributed by atoms with Crippen LogP contribution in [0.4, 0.5) is 5.69 Å². The van der Waals surface area contributed by atoms with Crippen LogP contribution in [0.5, 0.6) is 11.5 Å². The van der Waals surface area contributed by atoms with Crippen LogP contribution in [0.15, 0.2) is 24.3 Å². The third-order valence-corrected chi connectivity index (χ3v) is 6.37. The third-order valence-electron chi connectivity index (χ3n) is 6.37. The summed E-state index contributed by atoms with van der Waals surface area (Å²) in [6.07, 6.45) is 0. The minimum absolute atomic E-state index is 0.00982. The average Bonchev–Trinajstić information content (AvgIpc) is 3.15. The van der Waals surface area contributed by atoms with Crippen molar-refractivity contribution in [2.24, 2.45) is 0 Å². The van der Waals surface area contributed by atoms with E-state index in [9.17, 15) is 14.9 Å². The van der Waals surface area contributed by atoms with Gasteiger partial charge in [0.1, 0.15) is 23.9 Å². The van der Waals surface area contributed by atoms with Gasteiger partial charge in [0, 0.05) is 37.3 Å². The number of carbonyl (C=O) groups is 2. The number of hydrogen-bond donors (Lipinski definition) is 2. The number of methoxy groups -OCH3 is 1. The molecule has 0 saturated heterocycles. The molecule has 9 nitrogen and oxygen atoms in total. The van der Waals surface area contributed by atoms with E-state index in [0.717, 1.165) is 11.1 Å². The molecule has 0 saturated carbocycles. The van der Waals surface area contributed by atoms with Gasteiger partial charge in [0.25, 0.3) is 5.91 Å². The molecule has 0 aromatic heterocycles. The molecular formula is C28H35N5O4. The minimum Gasteiger partial charge on any atom is -0.494 e. The van der Waals surface area contributed by atoms with Crippen LogP contribution in [0.1, 0.15) is 65.1 Å². The smallest absolute Gasteiger partial charge is 0.254 e. The van der Waals surface area contributed by atoms with E-state index < -0.39 is 0 Å². The number of rotatable bonds is 9. The first-order valence-electron chi connectivity index (χ1n) is 12.2. The summed E-state index contributed by atoms with van der Waals surface area (Å²) in [5.41, 5.74) is 3.48. The third kappa shape index (κ3) is 5.53. The van der Waals surface area contributed by atoms with Crippen molar-refractivity contribution < 1.29 is 19.1 Å². The summed E-state index contributed by atoms with van der Waals surface area (Å²) in [7, 11) is 4.92. The van der Waals surface area contributed by atoms with Crippen molar-refractivity contribution in [1.82, 2.24) is 10.2 Å². The molecule has 0 fully saturated rings. The molecule has 1 heterocycles. The van der Waals surface area contributed by atoms with Gasteiger partial charge in [0.2, 0.25) is 0 Å². The van der Waals surface area contributed by atoms with E-state index in [2.05, 4.69) is 11.4 Å². The normalized spacial score (nSPS) is 12.6. The van der Waals surface area contributed by atoms with E-state index in [1.165, 1.54) is 0 Å². The Morgan fingerprint density at radius 3 is 2.51 bits per heavy atom. The highest BCUT2D eigenvalue weighted by atomic mass is 16.5. The van der Waals surface area contributed by atoms with Crippen LogP contribution in [0.25, 0.3) is 0 Å². The van der Waals surface area contributed by atoms with E-state index in [-0.39, 0.29) is 36.0 Å². The number of amidine groups is 1. The molecule has 1 aliphatic heterocycles. The van der Waals surface area contributed by atoms with E-state index in [4.69, 9.17) is 14.9 Å². The Balaban J connectivity index is 1.97. The lowest BCUT2D eigenvalue weighted by Gasteiger charge is -2.28. The van der Waals surface area contributed by atoms with Crippen LogP contribution < -0.4 is 19.7 Å². The maximum Gasteiger partial charge on any atom is 0.254 e. The fraction of sp³-hybridized carbons (Fsp3) is 0.429. The van der Waals surface area contributed by atoms with Gasteiger partial charge in [-0.25, -0.2) is 0 Å². The monoisotopic (exact) mass is 505 g/mol. The Hall–Kier alpha value is -4.06. The van der Waals surface area contributed by atoms with Crippen LogP contribution in [-0.2, 0) is 12.0 Å². The van der Waals surface area contributed by atoms with Crippen molar-refractivity contribution in [2.75, 3.05) is 45.8 Å². The molecule has 2 aromatic rings. The minimum atomic E-state index is -0.313. The van der Waals surface area contributed by atoms with Crippen molar-refractivity contribution in [3.05, 3.63) is 52.1 Å². The number of benzene rings is 2. The van der Waals surface area contributed by atoms with Gasteiger partial charge in [-0.2, -0.15) is 5.26 Å². The molecule has 0 bridgehead atoms. The number of fused-ring (bicyclic) bond motifs is 1. The lowest BCUT2D eigenvalue weighted by molar-refractivity contribution is 0.0953. The summed E-state index contributed by atoms with van der Waals surface area (Å²) in [5.74, 6) is 0.817. The van der Waals surface area contributed by atoms with Gasteiger partial charge in [0.05, 0.1) is 37.6 Å². The van der Waals surface area contributed by atoms with Gasteiger partial charge in [0.15, 0.2) is 5.78 Å². The molecule has 3 rings (SSSR count). The second kappa shape index (κ2) is 10.9. The molecule has 2 N–H and O–H groups in total. The van der Waals surface area contributed by atoms with Crippen LogP contribution >= 0.6 is 0 Å². The van der Waals surface area contributed by atoms with Gasteiger partial charge < -0.3 is 24.6 Å². The summed E-state index contributed by atoms with van der Waals surface area (Å²) >= 11 is 0. The molecule has 1 aliphatic rings. The Labute approximate surface area is 218 Å². The number of carbonyl (C=O) groups excluding carboxylic acids is 2. The highest BCUT2D eigenvalue weighted by Gasteiger charge is 2.31. The summed E-state index contributed by atoms with van der Waals surface area (Å²) < 4.78 is 11.4. The highest BCUT2D eigenvalue weighted by molar-refractivity contribution is 6.08. The molecule has 2 aromatic carbocycles. The van der Waals surface area contributed by atoms with Crippen LogP contribution in [0.3, 0.4) is 0 Å². The molecule has 196 valence electrons. The zero-order chi connectivity index (χ0) is 27.5. The van der Waals surface area contributed by atoms with Crippen LogP contribution in [-0.4, -0.2) is 63.3 Å². The lowest BCUT2D eigenvalue weighted by Crippen LogP contribution is -2.31. The molecule has 0 atom stereocenters. The second-order valence-electron chi connectivity index (χ2n) is 9.99. The SMILES string of the molecule is CCOc1cc2c(cc1C(=O)NC)C(=N)N(CC(=O)c1cc(N(C)CC#N)c(OC)c(C(C)(C)C)c1)C2. The van der Waals surface area contributed by atoms with Crippen molar-refractivity contribution in [3.63, 3.8) is 0 Å². The molecule has 1 amide bonds. The van der Waals surface area contributed by atoms with Gasteiger partial charge in [-0.1, -0.05) is 20.8 Å². The second-order valence-corrected chi connectivity index (χ2v) is 9.99. The van der Waals surface area contributed by atoms with Crippen molar-refractivity contribution >= 4 is 23.2 Å². The zero-order valence-corrected chi connectivity index (χ0v) is 22.6. The maximum absolute atomic E-state index is 13.5. The Kier molecular flexibility index (Phi) is 8.12. The highest BCUT2D eigenvalue weighted by Crippen LogP contribution is 2.40. The van der Waals surface area contributed by atoms with E-state index >= 15 is 0 Å². The lowest BCUT2D eigenvalue weighted by atomic mass is 9.84. The number of nitrogens with zero attached hydrogens (tertiary/aromatic N) is 3. The van der Waals surface area contributed by atoms with Gasteiger partial charge in [-0.05, 0) is 42.2 Å². The number of anilines is 1. The van der Waals surface area contributed by atoms with Crippen molar-refractivity contribution in [1.29, 1.82) is 10.7 Å². The first kappa shape index (κ1) is 27.5.